The third-order valence-electron chi connectivity index (χ3n) is 4.86. The molecular formula is C22H21BrN2O5. The van der Waals surface area contributed by atoms with Crippen LogP contribution in [0.5, 0.6) is 0 Å². The highest BCUT2D eigenvalue weighted by Gasteiger charge is 2.35. The molecule has 1 aliphatic rings. The predicted molar refractivity (Wildman–Crippen MR) is 113 cm³/mol. The number of fused-ring (bicyclic) bond motifs is 1. The lowest BCUT2D eigenvalue weighted by Crippen LogP contribution is -2.37. The van der Waals surface area contributed by atoms with Gasteiger partial charge in [-0.2, -0.15) is 0 Å². The van der Waals surface area contributed by atoms with E-state index < -0.39 is 17.8 Å². The van der Waals surface area contributed by atoms with Gasteiger partial charge in [0.05, 0.1) is 24.7 Å². The van der Waals surface area contributed by atoms with Crippen LogP contribution in [0.15, 0.2) is 53.0 Å². The first-order chi connectivity index (χ1) is 14.4. The minimum absolute atomic E-state index is 0.0215. The molecule has 0 saturated heterocycles. The average Bonchev–Trinajstić information content (AvgIpc) is 2.99. The topological polar surface area (TPSA) is 84.0 Å². The smallest absolute Gasteiger partial charge is 0.307 e. The molecule has 0 spiro atoms. The molecule has 30 heavy (non-hydrogen) atoms. The summed E-state index contributed by atoms with van der Waals surface area (Å²) in [6, 6.07) is 14.3. The Labute approximate surface area is 182 Å². The van der Waals surface area contributed by atoms with Gasteiger partial charge in [-0.05, 0) is 23.8 Å². The minimum atomic E-state index is -0.410. The molecule has 0 unspecified atom stereocenters. The van der Waals surface area contributed by atoms with Crippen LogP contribution in [0, 0.1) is 0 Å². The highest BCUT2D eigenvalue weighted by molar-refractivity contribution is 9.10. The van der Waals surface area contributed by atoms with E-state index in [-0.39, 0.29) is 31.8 Å². The van der Waals surface area contributed by atoms with Gasteiger partial charge in [-0.3, -0.25) is 24.1 Å². The van der Waals surface area contributed by atoms with E-state index in [9.17, 15) is 19.2 Å². The fourth-order valence-corrected chi connectivity index (χ4v) is 3.62. The van der Waals surface area contributed by atoms with Gasteiger partial charge >= 0.3 is 5.97 Å². The Morgan fingerprint density at radius 2 is 1.70 bits per heavy atom. The molecule has 3 rings (SSSR count). The van der Waals surface area contributed by atoms with Crippen LogP contribution in [0.4, 0.5) is 0 Å². The molecule has 0 atom stereocenters. The molecule has 1 heterocycles. The van der Waals surface area contributed by atoms with Crippen LogP contribution in [0.2, 0.25) is 0 Å². The number of carbonyl (C=O) groups excluding carboxylic acids is 4. The number of imide groups is 1. The van der Waals surface area contributed by atoms with E-state index in [4.69, 9.17) is 0 Å². The molecule has 0 aliphatic carbocycles. The lowest BCUT2D eigenvalue weighted by Gasteiger charge is -2.23. The first-order valence-electron chi connectivity index (χ1n) is 9.45. The van der Waals surface area contributed by atoms with E-state index in [1.54, 1.807) is 23.1 Å². The zero-order valence-corrected chi connectivity index (χ0v) is 18.1. The SMILES string of the molecule is COC(=O)CCN(Cc1ccccc1)C(=O)CCN1C(=O)c2ccc(Br)cc2C1=O. The number of hydrogen-bond acceptors (Lipinski definition) is 5. The highest BCUT2D eigenvalue weighted by atomic mass is 79.9. The van der Waals surface area contributed by atoms with Gasteiger partial charge in [0, 0.05) is 30.5 Å². The number of rotatable bonds is 8. The fraction of sp³-hybridized carbons (Fsp3) is 0.273. The third kappa shape index (κ3) is 4.94. The monoisotopic (exact) mass is 472 g/mol. The van der Waals surface area contributed by atoms with Crippen LogP contribution >= 0.6 is 15.9 Å². The van der Waals surface area contributed by atoms with Crippen molar-refractivity contribution in [3.63, 3.8) is 0 Å². The van der Waals surface area contributed by atoms with E-state index in [2.05, 4.69) is 20.7 Å². The van der Waals surface area contributed by atoms with Crippen LogP contribution in [-0.2, 0) is 20.9 Å². The van der Waals surface area contributed by atoms with Gasteiger partial charge in [-0.15, -0.1) is 0 Å². The summed E-state index contributed by atoms with van der Waals surface area (Å²) < 4.78 is 5.37. The number of methoxy groups -OCH3 is 1. The summed E-state index contributed by atoms with van der Waals surface area (Å²) in [5.74, 6) is -1.47. The summed E-state index contributed by atoms with van der Waals surface area (Å²) in [6.07, 6.45) is 0.0385. The van der Waals surface area contributed by atoms with E-state index in [1.807, 2.05) is 30.3 Å². The molecule has 0 bridgehead atoms. The first kappa shape index (κ1) is 21.7. The molecule has 0 saturated carbocycles. The van der Waals surface area contributed by atoms with Gasteiger partial charge in [0.25, 0.3) is 11.8 Å². The molecule has 0 radical (unpaired) electrons. The molecule has 0 fully saturated rings. The number of carbonyl (C=O) groups is 4. The second-order valence-corrected chi connectivity index (χ2v) is 7.74. The molecule has 2 aromatic rings. The van der Waals surface area contributed by atoms with Gasteiger partial charge in [-0.25, -0.2) is 0 Å². The Kier molecular flexibility index (Phi) is 6.99. The maximum atomic E-state index is 12.9. The van der Waals surface area contributed by atoms with Crippen molar-refractivity contribution in [1.29, 1.82) is 0 Å². The summed E-state index contributed by atoms with van der Waals surface area (Å²) in [7, 11) is 1.30. The number of nitrogens with zero attached hydrogens (tertiary/aromatic N) is 2. The molecule has 7 nitrogen and oxygen atoms in total. The Morgan fingerprint density at radius 3 is 2.40 bits per heavy atom. The Morgan fingerprint density at radius 1 is 1.00 bits per heavy atom. The molecule has 2 aromatic carbocycles. The van der Waals surface area contributed by atoms with Crippen molar-refractivity contribution < 1.29 is 23.9 Å². The quantitative estimate of drug-likeness (QED) is 0.435. The van der Waals surface area contributed by atoms with E-state index in [1.165, 1.54) is 7.11 Å². The lowest BCUT2D eigenvalue weighted by molar-refractivity contribution is -0.142. The van der Waals surface area contributed by atoms with Gasteiger partial charge in [0.2, 0.25) is 5.91 Å². The van der Waals surface area contributed by atoms with Crippen LogP contribution in [-0.4, -0.2) is 53.7 Å². The normalized spacial score (nSPS) is 12.7. The minimum Gasteiger partial charge on any atom is -0.469 e. The number of halogens is 1. The van der Waals surface area contributed by atoms with Crippen LogP contribution in [0.3, 0.4) is 0 Å². The standard InChI is InChI=1S/C22H21BrN2O5/c1-30-20(27)10-11-24(14-15-5-3-2-4-6-15)19(26)9-12-25-21(28)17-8-7-16(23)13-18(17)22(25)29/h2-8,13H,9-12,14H2,1H3. The maximum absolute atomic E-state index is 12.9. The van der Waals surface area contributed by atoms with Gasteiger partial charge < -0.3 is 9.64 Å². The molecule has 3 amide bonds. The second kappa shape index (κ2) is 9.67. The van der Waals surface area contributed by atoms with Crippen molar-refractivity contribution >= 4 is 39.6 Å². The van der Waals surface area contributed by atoms with Crippen LogP contribution in [0.1, 0.15) is 39.1 Å². The first-order valence-corrected chi connectivity index (χ1v) is 10.2. The van der Waals surface area contributed by atoms with Gasteiger partial charge in [0.1, 0.15) is 0 Å². The van der Waals surface area contributed by atoms with Crippen molar-refractivity contribution in [3.05, 3.63) is 69.7 Å². The number of esters is 1. The Bertz CT molecular complexity index is 977. The average molecular weight is 473 g/mol. The number of benzene rings is 2. The summed E-state index contributed by atoms with van der Waals surface area (Å²) >= 11 is 3.30. The molecule has 0 aromatic heterocycles. The largest absolute Gasteiger partial charge is 0.469 e. The zero-order chi connectivity index (χ0) is 21.7. The summed E-state index contributed by atoms with van der Waals surface area (Å²) in [4.78, 5) is 52.2. The fourth-order valence-electron chi connectivity index (χ4n) is 3.26. The van der Waals surface area contributed by atoms with Crippen molar-refractivity contribution in [2.45, 2.75) is 19.4 Å². The van der Waals surface area contributed by atoms with Gasteiger partial charge in [-0.1, -0.05) is 46.3 Å². The molecule has 8 heteroatoms. The van der Waals surface area contributed by atoms with E-state index in [0.717, 1.165) is 10.5 Å². The summed E-state index contributed by atoms with van der Waals surface area (Å²) in [5.41, 5.74) is 1.58. The molecule has 1 aliphatic heterocycles. The second-order valence-electron chi connectivity index (χ2n) is 6.83. The third-order valence-corrected chi connectivity index (χ3v) is 5.36. The lowest BCUT2D eigenvalue weighted by atomic mass is 10.1. The number of hydrogen-bond donors (Lipinski definition) is 0. The molecular weight excluding hydrogens is 452 g/mol. The highest BCUT2D eigenvalue weighted by Crippen LogP contribution is 2.26. The van der Waals surface area contributed by atoms with Crippen LogP contribution in [0.25, 0.3) is 0 Å². The zero-order valence-electron chi connectivity index (χ0n) is 16.5. The maximum Gasteiger partial charge on any atom is 0.307 e. The summed E-state index contributed by atoms with van der Waals surface area (Å²) in [6.45, 7) is 0.494. The van der Waals surface area contributed by atoms with Crippen LogP contribution < -0.4 is 0 Å². The van der Waals surface area contributed by atoms with Crippen molar-refractivity contribution in [2.75, 3.05) is 20.2 Å². The summed E-state index contributed by atoms with van der Waals surface area (Å²) in [5, 5.41) is 0. The number of ether oxygens (including phenoxy) is 1. The molecule has 0 N–H and O–H groups in total. The Balaban J connectivity index is 1.67. The Hall–Kier alpha value is -3.00. The van der Waals surface area contributed by atoms with E-state index >= 15 is 0 Å². The van der Waals surface area contributed by atoms with Crippen molar-refractivity contribution in [1.82, 2.24) is 9.80 Å². The van der Waals surface area contributed by atoms with Crippen molar-refractivity contribution in [3.8, 4) is 0 Å². The predicted octanol–water partition coefficient (Wildman–Crippen LogP) is 3.03. The van der Waals surface area contributed by atoms with Gasteiger partial charge in [0.15, 0.2) is 0 Å². The number of amides is 3. The van der Waals surface area contributed by atoms with E-state index in [0.29, 0.717) is 22.1 Å². The molecule has 156 valence electrons. The van der Waals surface area contributed by atoms with Crippen molar-refractivity contribution in [2.24, 2.45) is 0 Å².